The van der Waals surface area contributed by atoms with Gasteiger partial charge in [0.15, 0.2) is 0 Å². The second-order valence-electron chi connectivity index (χ2n) is 6.28. The number of aromatic nitrogens is 1. The van der Waals surface area contributed by atoms with Gasteiger partial charge >= 0.3 is 0 Å². The van der Waals surface area contributed by atoms with Crippen LogP contribution in [-0.4, -0.2) is 27.0 Å². The average molecular weight is 356 g/mol. The van der Waals surface area contributed by atoms with E-state index in [2.05, 4.69) is 6.58 Å². The third-order valence-electron chi connectivity index (χ3n) is 4.18. The second-order valence-corrected chi connectivity index (χ2v) is 7.79. The maximum absolute atomic E-state index is 13.1. The number of fused-ring (bicyclic) bond motifs is 1. The lowest BCUT2D eigenvalue weighted by Gasteiger charge is -2.25. The quantitative estimate of drug-likeness (QED) is 0.790. The number of nitrogens with zero attached hydrogens (tertiary/aromatic N) is 2. The molecule has 0 spiro atoms. The predicted octanol–water partition coefficient (Wildman–Crippen LogP) is 2.27. The van der Waals surface area contributed by atoms with E-state index in [0.29, 0.717) is 23.5 Å². The van der Waals surface area contributed by atoms with Gasteiger partial charge in [0.25, 0.3) is 11.5 Å². The third-order valence-corrected chi connectivity index (χ3v) is 5.68. The Hall–Kier alpha value is -2.47. The molecular formula is C19H20N2O3S. The van der Waals surface area contributed by atoms with Gasteiger partial charge in [-0.25, -0.2) is 0 Å². The minimum absolute atomic E-state index is 0.247. The molecule has 1 aromatic carbocycles. The van der Waals surface area contributed by atoms with Crippen LogP contribution < -0.4 is 10.5 Å². The first-order valence-electron chi connectivity index (χ1n) is 8.01. The number of benzene rings is 1. The van der Waals surface area contributed by atoms with Gasteiger partial charge in [0.1, 0.15) is 0 Å². The SMILES string of the molecule is C=C(C)CN(C(=O)c1ccn(C)c(=O)c1)c1cccc2c1S(=O)CC2. The predicted molar refractivity (Wildman–Crippen MR) is 99.6 cm³/mol. The lowest BCUT2D eigenvalue weighted by atomic mass is 10.1. The van der Waals surface area contributed by atoms with Crippen molar-refractivity contribution in [1.82, 2.24) is 4.57 Å². The average Bonchev–Trinajstić information content (AvgIpc) is 2.96. The molecule has 1 aromatic heterocycles. The van der Waals surface area contributed by atoms with Crippen LogP contribution in [-0.2, 0) is 24.3 Å². The zero-order valence-corrected chi connectivity index (χ0v) is 15.1. The molecule has 0 saturated carbocycles. The molecule has 0 saturated heterocycles. The van der Waals surface area contributed by atoms with Crippen LogP contribution in [0.3, 0.4) is 0 Å². The molecule has 1 unspecified atom stereocenters. The van der Waals surface area contributed by atoms with Crippen LogP contribution in [0.5, 0.6) is 0 Å². The normalized spacial score (nSPS) is 15.7. The van der Waals surface area contributed by atoms with Crippen molar-refractivity contribution in [3.05, 3.63) is 70.2 Å². The summed E-state index contributed by atoms with van der Waals surface area (Å²) in [5, 5.41) is 0. The van der Waals surface area contributed by atoms with Gasteiger partial charge in [-0.2, -0.15) is 0 Å². The van der Waals surface area contributed by atoms with Crippen LogP contribution in [0.15, 0.2) is 58.4 Å². The summed E-state index contributed by atoms with van der Waals surface area (Å²) >= 11 is 0. The Labute approximate surface area is 149 Å². The molecule has 1 amide bonds. The number of pyridine rings is 1. The molecule has 0 radical (unpaired) electrons. The van der Waals surface area contributed by atoms with E-state index in [0.717, 1.165) is 22.5 Å². The van der Waals surface area contributed by atoms with Crippen molar-refractivity contribution in [2.45, 2.75) is 18.2 Å². The zero-order chi connectivity index (χ0) is 18.1. The van der Waals surface area contributed by atoms with Crippen LogP contribution >= 0.6 is 0 Å². The van der Waals surface area contributed by atoms with E-state index < -0.39 is 10.8 Å². The molecule has 0 fully saturated rings. The first-order valence-corrected chi connectivity index (χ1v) is 9.33. The number of rotatable bonds is 4. The van der Waals surface area contributed by atoms with E-state index in [1.165, 1.54) is 10.6 Å². The standard InChI is InChI=1S/C19H20N2O3S/c1-13(2)12-21(19(23)15-7-9-20(3)17(22)11-15)16-6-4-5-14-8-10-25(24)18(14)16/h4-7,9,11H,1,8,10,12H2,2-3H3. The lowest BCUT2D eigenvalue weighted by molar-refractivity contribution is 0.0988. The van der Waals surface area contributed by atoms with Crippen molar-refractivity contribution in [3.8, 4) is 0 Å². The van der Waals surface area contributed by atoms with Crippen molar-refractivity contribution >= 4 is 22.4 Å². The number of carbonyl (C=O) groups is 1. The molecule has 1 aliphatic heterocycles. The Bertz CT molecular complexity index is 946. The van der Waals surface area contributed by atoms with E-state index in [4.69, 9.17) is 0 Å². The van der Waals surface area contributed by atoms with Crippen LogP contribution in [0, 0.1) is 0 Å². The minimum atomic E-state index is -1.12. The summed E-state index contributed by atoms with van der Waals surface area (Å²) in [6.45, 7) is 6.05. The second kappa shape index (κ2) is 6.80. The molecular weight excluding hydrogens is 336 g/mol. The molecule has 6 heteroatoms. The van der Waals surface area contributed by atoms with Crippen molar-refractivity contribution in [1.29, 1.82) is 0 Å². The number of aryl methyl sites for hydroxylation is 2. The molecule has 1 aliphatic rings. The first kappa shape index (κ1) is 17.4. The fourth-order valence-electron chi connectivity index (χ4n) is 2.92. The Kier molecular flexibility index (Phi) is 4.72. The molecule has 2 heterocycles. The van der Waals surface area contributed by atoms with Crippen molar-refractivity contribution in [2.75, 3.05) is 17.2 Å². The van der Waals surface area contributed by atoms with Crippen LogP contribution in [0.1, 0.15) is 22.8 Å². The first-order chi connectivity index (χ1) is 11.9. The lowest BCUT2D eigenvalue weighted by Crippen LogP contribution is -2.34. The van der Waals surface area contributed by atoms with Crippen molar-refractivity contribution in [2.24, 2.45) is 7.05 Å². The molecule has 1 atom stereocenters. The molecule has 130 valence electrons. The van der Waals surface area contributed by atoms with Crippen molar-refractivity contribution in [3.63, 3.8) is 0 Å². The highest BCUT2D eigenvalue weighted by Gasteiger charge is 2.27. The van der Waals surface area contributed by atoms with Crippen LogP contribution in [0.25, 0.3) is 0 Å². The van der Waals surface area contributed by atoms with Gasteiger partial charge in [-0.1, -0.05) is 24.3 Å². The van der Waals surface area contributed by atoms with Gasteiger partial charge in [0.2, 0.25) is 0 Å². The van der Waals surface area contributed by atoms with Gasteiger partial charge in [-0.3, -0.25) is 13.8 Å². The number of hydrogen-bond donors (Lipinski definition) is 0. The van der Waals surface area contributed by atoms with E-state index in [1.54, 1.807) is 24.2 Å². The fraction of sp³-hybridized carbons (Fsp3) is 0.263. The summed E-state index contributed by atoms with van der Waals surface area (Å²) < 4.78 is 13.8. The maximum Gasteiger partial charge on any atom is 0.258 e. The minimum Gasteiger partial charge on any atom is -0.319 e. The van der Waals surface area contributed by atoms with E-state index >= 15 is 0 Å². The molecule has 0 N–H and O–H groups in total. The number of amides is 1. The monoisotopic (exact) mass is 356 g/mol. The molecule has 2 aromatic rings. The van der Waals surface area contributed by atoms with Gasteiger partial charge in [0.05, 0.1) is 21.4 Å². The van der Waals surface area contributed by atoms with Crippen molar-refractivity contribution < 1.29 is 9.00 Å². The summed E-state index contributed by atoms with van der Waals surface area (Å²) in [5.74, 6) is 0.283. The molecule has 25 heavy (non-hydrogen) atoms. The fourth-order valence-corrected chi connectivity index (χ4v) is 4.41. The smallest absolute Gasteiger partial charge is 0.258 e. The third kappa shape index (κ3) is 3.35. The highest BCUT2D eigenvalue weighted by molar-refractivity contribution is 7.85. The Morgan fingerprint density at radius 1 is 1.36 bits per heavy atom. The van der Waals surface area contributed by atoms with Crippen LogP contribution in [0.4, 0.5) is 5.69 Å². The molecule has 3 rings (SSSR count). The largest absolute Gasteiger partial charge is 0.319 e. The maximum atomic E-state index is 13.1. The molecule has 0 aliphatic carbocycles. The highest BCUT2D eigenvalue weighted by atomic mass is 32.2. The van der Waals surface area contributed by atoms with Gasteiger partial charge < -0.3 is 9.47 Å². The summed E-state index contributed by atoms with van der Waals surface area (Å²) in [4.78, 5) is 27.3. The topological polar surface area (TPSA) is 59.4 Å². The van der Waals surface area contributed by atoms with Gasteiger partial charge in [-0.05, 0) is 31.0 Å². The Morgan fingerprint density at radius 3 is 2.80 bits per heavy atom. The van der Waals surface area contributed by atoms with Gasteiger partial charge in [-0.15, -0.1) is 0 Å². The number of hydrogen-bond acceptors (Lipinski definition) is 3. The van der Waals surface area contributed by atoms with Gasteiger partial charge in [0, 0.05) is 37.2 Å². The summed E-state index contributed by atoms with van der Waals surface area (Å²) in [6.07, 6.45) is 2.32. The highest BCUT2D eigenvalue weighted by Crippen LogP contribution is 2.33. The number of carbonyl (C=O) groups excluding carboxylic acids is 1. The van der Waals surface area contributed by atoms with E-state index in [-0.39, 0.29) is 11.5 Å². The molecule has 5 nitrogen and oxygen atoms in total. The zero-order valence-electron chi connectivity index (χ0n) is 14.3. The van der Waals surface area contributed by atoms with Crippen LogP contribution in [0.2, 0.25) is 0 Å². The number of anilines is 1. The summed E-state index contributed by atoms with van der Waals surface area (Å²) in [6, 6.07) is 8.58. The molecule has 0 bridgehead atoms. The Balaban J connectivity index is 2.10. The summed E-state index contributed by atoms with van der Waals surface area (Å²) in [5.41, 5.74) is 2.52. The van der Waals surface area contributed by atoms with E-state index in [9.17, 15) is 13.8 Å². The summed E-state index contributed by atoms with van der Waals surface area (Å²) in [7, 11) is 0.519. The van der Waals surface area contributed by atoms with E-state index in [1.807, 2.05) is 25.1 Å². The Morgan fingerprint density at radius 2 is 2.12 bits per heavy atom.